The van der Waals surface area contributed by atoms with Crippen molar-refractivity contribution in [1.29, 1.82) is 0 Å². The zero-order valence-corrected chi connectivity index (χ0v) is 33.1. The van der Waals surface area contributed by atoms with Crippen LogP contribution in [-0.4, -0.2) is 128 Å². The first kappa shape index (κ1) is 40.9. The highest BCUT2D eigenvalue weighted by Crippen LogP contribution is 2.76. The Balaban J connectivity index is 1.17. The third kappa shape index (κ3) is 5.92. The van der Waals surface area contributed by atoms with E-state index in [0.717, 1.165) is 51.4 Å². The van der Waals surface area contributed by atoms with Crippen LogP contribution in [0.1, 0.15) is 106 Å². The van der Waals surface area contributed by atoms with Gasteiger partial charge in [-0.15, -0.1) is 0 Å². The fourth-order valence-electron chi connectivity index (χ4n) is 13.4. The van der Waals surface area contributed by atoms with Crippen LogP contribution in [-0.2, 0) is 23.7 Å². The van der Waals surface area contributed by atoms with E-state index in [-0.39, 0.29) is 52.3 Å². The zero-order chi connectivity index (χ0) is 39.6. The van der Waals surface area contributed by atoms with Crippen molar-refractivity contribution in [2.75, 3.05) is 13.2 Å². The predicted octanol–water partition coefficient (Wildman–Crippen LogP) is 2.49. The van der Waals surface area contributed by atoms with E-state index >= 15 is 0 Å². The SMILES string of the molecule is CC1(C)C[C@@H](O)[C@]2(C)CC[C@]3(C)C(=CC[C@@H]4[C@@]5(C)CC[C@H](O[C@@H]6O[C@H](C(=O)O)[C@@H](O)[C@H](O)[C@H]6O[C@@H]6OC[C@@H](O)[C@H](O)[C@H]6O)[C@](C)(CO)[C@@H]5CC[C@]43C)[C@@H]2C1. The molecule has 54 heavy (non-hydrogen) atoms. The van der Waals surface area contributed by atoms with Gasteiger partial charge in [-0.1, -0.05) is 60.1 Å². The molecule has 0 radical (unpaired) electrons. The lowest BCUT2D eigenvalue weighted by Crippen LogP contribution is -2.67. The van der Waals surface area contributed by atoms with Crippen molar-refractivity contribution >= 4 is 5.97 Å². The number of carboxylic acid groups (broad SMARTS) is 1. The maximum atomic E-state index is 12.1. The minimum absolute atomic E-state index is 0.0143. The number of aliphatic hydroxyl groups is 7. The average Bonchev–Trinajstić information content (AvgIpc) is 3.10. The molecule has 13 heteroatoms. The number of hydrogen-bond donors (Lipinski definition) is 8. The number of ether oxygens (including phenoxy) is 4. The lowest BCUT2D eigenvalue weighted by molar-refractivity contribution is -0.367. The standard InChI is InChI=1S/C41H66O13/c1-36(2)16-21-20-8-9-24-38(4)12-11-26(39(5,19-42)23(38)10-13-41(24,7)40(20,6)15-14-37(21,3)25(44)17-36)52-35-32(29(47)28(46)31(53-35)33(49)50)54-34-30(48)27(45)22(43)18-51-34/h8,21-32,34-35,42-48H,9-19H2,1-7H3,(H,49,50)/t21-,22+,23+,24+,25+,26-,27-,28-,29-,30+,31-,32+,34-,35+,37+,38-,39+,40+,41+/m0/s1. The average molecular weight is 767 g/mol. The third-order valence-corrected chi connectivity index (χ3v) is 17.0. The molecule has 0 aromatic heterocycles. The number of carbonyl (C=O) groups is 1. The fourth-order valence-corrected chi connectivity index (χ4v) is 13.4. The lowest BCUT2D eigenvalue weighted by atomic mass is 9.33. The summed E-state index contributed by atoms with van der Waals surface area (Å²) in [5.74, 6) is -0.852. The Morgan fingerprint density at radius 1 is 0.796 bits per heavy atom. The molecule has 5 aliphatic carbocycles. The van der Waals surface area contributed by atoms with Crippen LogP contribution in [0.5, 0.6) is 0 Å². The fraction of sp³-hybridized carbons (Fsp3) is 0.927. The molecule has 0 unspecified atom stereocenters. The van der Waals surface area contributed by atoms with Gasteiger partial charge >= 0.3 is 5.97 Å². The molecule has 0 aromatic rings. The number of carboxylic acids is 1. The smallest absolute Gasteiger partial charge is 0.335 e. The molecule has 0 aromatic carbocycles. The van der Waals surface area contributed by atoms with E-state index in [1.807, 2.05) is 6.92 Å². The van der Waals surface area contributed by atoms with Gasteiger partial charge in [0, 0.05) is 10.8 Å². The van der Waals surface area contributed by atoms with E-state index in [0.29, 0.717) is 18.3 Å². The van der Waals surface area contributed by atoms with Crippen LogP contribution in [0.3, 0.4) is 0 Å². The van der Waals surface area contributed by atoms with E-state index in [2.05, 4.69) is 47.6 Å². The van der Waals surface area contributed by atoms with Gasteiger partial charge in [0.25, 0.3) is 0 Å². The number of hydrogen-bond acceptors (Lipinski definition) is 12. The van der Waals surface area contributed by atoms with Gasteiger partial charge in [-0.2, -0.15) is 0 Å². The molecule has 0 spiro atoms. The van der Waals surface area contributed by atoms with Crippen LogP contribution in [0.4, 0.5) is 0 Å². The second kappa shape index (κ2) is 13.7. The second-order valence-corrected chi connectivity index (χ2v) is 20.4. The van der Waals surface area contributed by atoms with Gasteiger partial charge in [0.05, 0.1) is 25.4 Å². The Labute approximate surface area is 319 Å². The first-order valence-electron chi connectivity index (χ1n) is 20.3. The minimum Gasteiger partial charge on any atom is -0.479 e. The van der Waals surface area contributed by atoms with E-state index in [9.17, 15) is 45.6 Å². The van der Waals surface area contributed by atoms with Gasteiger partial charge in [0.15, 0.2) is 18.7 Å². The summed E-state index contributed by atoms with van der Waals surface area (Å²) in [5, 5.41) is 85.5. The summed E-state index contributed by atoms with van der Waals surface area (Å²) in [7, 11) is 0. The van der Waals surface area contributed by atoms with Gasteiger partial charge in [-0.3, -0.25) is 0 Å². The van der Waals surface area contributed by atoms with Crippen molar-refractivity contribution in [3.8, 4) is 0 Å². The molecule has 0 bridgehead atoms. The molecule has 308 valence electrons. The van der Waals surface area contributed by atoms with E-state index in [1.165, 1.54) is 5.57 Å². The van der Waals surface area contributed by atoms with Gasteiger partial charge in [-0.05, 0) is 97.2 Å². The number of aliphatic carboxylic acids is 1. The Kier molecular flexibility index (Phi) is 10.4. The second-order valence-electron chi connectivity index (χ2n) is 20.4. The highest BCUT2D eigenvalue weighted by Gasteiger charge is 2.69. The highest BCUT2D eigenvalue weighted by molar-refractivity contribution is 5.73. The zero-order valence-electron chi connectivity index (χ0n) is 33.1. The van der Waals surface area contributed by atoms with Gasteiger partial charge in [0.1, 0.15) is 36.6 Å². The molecule has 7 rings (SSSR count). The normalized spacial score (nSPS) is 55.7. The van der Waals surface area contributed by atoms with Crippen molar-refractivity contribution in [2.45, 2.75) is 174 Å². The predicted molar refractivity (Wildman–Crippen MR) is 193 cm³/mol. The summed E-state index contributed by atoms with van der Waals surface area (Å²) < 4.78 is 23.7. The molecule has 4 saturated carbocycles. The molecule has 7 aliphatic rings. The van der Waals surface area contributed by atoms with Crippen LogP contribution >= 0.6 is 0 Å². The number of rotatable bonds is 6. The Morgan fingerprint density at radius 2 is 1.50 bits per heavy atom. The molecule has 0 amide bonds. The quantitative estimate of drug-likeness (QED) is 0.144. The molecule has 2 heterocycles. The van der Waals surface area contributed by atoms with Crippen LogP contribution < -0.4 is 0 Å². The van der Waals surface area contributed by atoms with Crippen molar-refractivity contribution < 1.29 is 64.6 Å². The molecule has 2 saturated heterocycles. The van der Waals surface area contributed by atoms with Crippen LogP contribution in [0, 0.1) is 50.2 Å². The number of fused-ring (bicyclic) bond motifs is 7. The summed E-state index contributed by atoms with van der Waals surface area (Å²) in [6.07, 6.45) is -5.53. The topological polar surface area (TPSA) is 216 Å². The van der Waals surface area contributed by atoms with Gasteiger partial charge < -0.3 is 59.8 Å². The molecule has 6 fully saturated rings. The van der Waals surface area contributed by atoms with Gasteiger partial charge in [-0.25, -0.2) is 4.79 Å². The molecular formula is C41H66O13. The maximum Gasteiger partial charge on any atom is 0.335 e. The van der Waals surface area contributed by atoms with Gasteiger partial charge in [0.2, 0.25) is 0 Å². The van der Waals surface area contributed by atoms with E-state index < -0.39 is 72.8 Å². The van der Waals surface area contributed by atoms with Crippen LogP contribution in [0.25, 0.3) is 0 Å². The Bertz CT molecular complexity index is 1470. The van der Waals surface area contributed by atoms with Crippen molar-refractivity contribution in [2.24, 2.45) is 50.2 Å². The van der Waals surface area contributed by atoms with E-state index in [4.69, 9.17) is 18.9 Å². The summed E-state index contributed by atoms with van der Waals surface area (Å²) in [6.45, 7) is 15.7. The molecule has 2 aliphatic heterocycles. The largest absolute Gasteiger partial charge is 0.479 e. The van der Waals surface area contributed by atoms with Crippen LogP contribution in [0.15, 0.2) is 11.6 Å². The number of allylic oxidation sites excluding steroid dienone is 2. The molecule has 19 atom stereocenters. The first-order valence-corrected chi connectivity index (χ1v) is 20.3. The monoisotopic (exact) mass is 766 g/mol. The molecular weight excluding hydrogens is 700 g/mol. The first-order chi connectivity index (χ1) is 25.1. The molecule has 13 nitrogen and oxygen atoms in total. The van der Waals surface area contributed by atoms with Crippen molar-refractivity contribution in [3.63, 3.8) is 0 Å². The molecule has 8 N–H and O–H groups in total. The summed E-state index contributed by atoms with van der Waals surface area (Å²) in [5.41, 5.74) is 0.419. The van der Waals surface area contributed by atoms with Crippen molar-refractivity contribution in [3.05, 3.63) is 11.6 Å². The number of aliphatic hydroxyl groups excluding tert-OH is 7. The van der Waals surface area contributed by atoms with Crippen LogP contribution in [0.2, 0.25) is 0 Å². The summed E-state index contributed by atoms with van der Waals surface area (Å²) >= 11 is 0. The Morgan fingerprint density at radius 3 is 2.17 bits per heavy atom. The highest BCUT2D eigenvalue weighted by atomic mass is 16.8. The summed E-state index contributed by atoms with van der Waals surface area (Å²) in [6, 6.07) is 0. The van der Waals surface area contributed by atoms with E-state index in [1.54, 1.807) is 0 Å². The third-order valence-electron chi connectivity index (χ3n) is 17.0. The van der Waals surface area contributed by atoms with Crippen molar-refractivity contribution in [1.82, 2.24) is 0 Å². The maximum absolute atomic E-state index is 12.1. The minimum atomic E-state index is -1.91. The summed E-state index contributed by atoms with van der Waals surface area (Å²) in [4.78, 5) is 12.1. The Hall–Kier alpha value is -1.23. The lowest BCUT2D eigenvalue weighted by Gasteiger charge is -2.72.